The van der Waals surface area contributed by atoms with Crippen molar-refractivity contribution in [1.82, 2.24) is 15.5 Å². The van der Waals surface area contributed by atoms with Crippen LogP contribution in [0.4, 0.5) is 5.69 Å². The number of nitrogens with one attached hydrogen (secondary N) is 3. The van der Waals surface area contributed by atoms with E-state index in [1.54, 1.807) is 13.4 Å². The van der Waals surface area contributed by atoms with E-state index in [1.807, 2.05) is 6.07 Å². The van der Waals surface area contributed by atoms with Gasteiger partial charge in [0.25, 0.3) is 0 Å². The summed E-state index contributed by atoms with van der Waals surface area (Å²) in [7, 11) is 1.71. The quantitative estimate of drug-likeness (QED) is 0.289. The lowest BCUT2D eigenvalue weighted by Crippen LogP contribution is -2.44. The van der Waals surface area contributed by atoms with Crippen molar-refractivity contribution in [2.24, 2.45) is 4.99 Å². The van der Waals surface area contributed by atoms with Crippen molar-refractivity contribution in [3.05, 3.63) is 54.0 Å². The first-order chi connectivity index (χ1) is 15.3. The third-order valence-corrected chi connectivity index (χ3v) is 5.52. The van der Waals surface area contributed by atoms with Crippen LogP contribution < -0.4 is 16.0 Å². The van der Waals surface area contributed by atoms with Gasteiger partial charge in [0.2, 0.25) is 0 Å². The first-order valence-corrected chi connectivity index (χ1v) is 11.4. The Morgan fingerprint density at radius 3 is 2.61 bits per heavy atom. The monoisotopic (exact) mass is 427 g/mol. The molecule has 7 nitrogen and oxygen atoms in total. The second-order valence-corrected chi connectivity index (χ2v) is 7.82. The maximum atomic E-state index is 5.76. The van der Waals surface area contributed by atoms with Crippen LogP contribution in [0.2, 0.25) is 0 Å². The Bertz CT molecular complexity index is 755. The smallest absolute Gasteiger partial charge is 0.191 e. The molecule has 0 aliphatic carbocycles. The Kier molecular flexibility index (Phi) is 9.73. The van der Waals surface area contributed by atoms with E-state index >= 15 is 0 Å². The molecule has 0 saturated carbocycles. The number of ether oxygens (including phenoxy) is 1. The van der Waals surface area contributed by atoms with Gasteiger partial charge in [-0.25, -0.2) is 4.99 Å². The van der Waals surface area contributed by atoms with E-state index in [4.69, 9.17) is 14.1 Å². The highest BCUT2D eigenvalue weighted by Crippen LogP contribution is 2.24. The van der Waals surface area contributed by atoms with Crippen LogP contribution >= 0.6 is 0 Å². The van der Waals surface area contributed by atoms with Crippen molar-refractivity contribution in [1.29, 1.82) is 0 Å². The number of nitrogens with zero attached hydrogens (tertiary/aromatic N) is 2. The van der Waals surface area contributed by atoms with Gasteiger partial charge in [-0.2, -0.15) is 0 Å². The largest absolute Gasteiger partial charge is 0.468 e. The average molecular weight is 428 g/mol. The molecule has 0 spiro atoms. The molecule has 1 aliphatic heterocycles. The summed E-state index contributed by atoms with van der Waals surface area (Å²) in [6.07, 6.45) is 5.59. The molecule has 170 valence electrons. The lowest BCUT2D eigenvalue weighted by molar-refractivity contribution is 0.146. The van der Waals surface area contributed by atoms with E-state index in [0.29, 0.717) is 13.2 Å². The van der Waals surface area contributed by atoms with Gasteiger partial charge < -0.3 is 25.1 Å². The minimum absolute atomic E-state index is 0.219. The molecule has 31 heavy (non-hydrogen) atoms. The van der Waals surface area contributed by atoms with Crippen LogP contribution in [0, 0.1) is 0 Å². The molecule has 1 fully saturated rings. The van der Waals surface area contributed by atoms with Crippen LogP contribution in [0.15, 0.2) is 52.1 Å². The topological polar surface area (TPSA) is 74.1 Å². The second-order valence-electron chi connectivity index (χ2n) is 7.82. The van der Waals surface area contributed by atoms with Crippen LogP contribution in [0.3, 0.4) is 0 Å². The molecule has 2 aromatic rings. The van der Waals surface area contributed by atoms with Crippen molar-refractivity contribution in [2.45, 2.75) is 38.8 Å². The molecule has 7 heteroatoms. The number of benzene rings is 1. The first-order valence-electron chi connectivity index (χ1n) is 11.4. The molecule has 0 amide bonds. The highest BCUT2D eigenvalue weighted by Gasteiger charge is 2.24. The predicted molar refractivity (Wildman–Crippen MR) is 126 cm³/mol. The number of piperidine rings is 1. The van der Waals surface area contributed by atoms with Gasteiger partial charge in [0, 0.05) is 32.4 Å². The van der Waals surface area contributed by atoms with Gasteiger partial charge in [-0.3, -0.25) is 4.90 Å². The van der Waals surface area contributed by atoms with Crippen LogP contribution in [0.5, 0.6) is 0 Å². The van der Waals surface area contributed by atoms with Crippen molar-refractivity contribution in [3.8, 4) is 0 Å². The number of anilines is 1. The van der Waals surface area contributed by atoms with Crippen molar-refractivity contribution >= 4 is 11.6 Å². The van der Waals surface area contributed by atoms with Gasteiger partial charge in [0.15, 0.2) is 5.96 Å². The minimum atomic E-state index is 0.219. The van der Waals surface area contributed by atoms with E-state index in [2.05, 4.69) is 58.1 Å². The van der Waals surface area contributed by atoms with Gasteiger partial charge in [0.05, 0.1) is 25.5 Å². The van der Waals surface area contributed by atoms with Crippen LogP contribution in [-0.4, -0.2) is 57.3 Å². The van der Waals surface area contributed by atoms with Gasteiger partial charge in [-0.15, -0.1) is 0 Å². The summed E-state index contributed by atoms with van der Waals surface area (Å²) >= 11 is 0. The molecule has 1 aromatic carbocycles. The van der Waals surface area contributed by atoms with Crippen molar-refractivity contribution < 1.29 is 9.15 Å². The van der Waals surface area contributed by atoms with Crippen LogP contribution in [-0.2, 0) is 11.3 Å². The van der Waals surface area contributed by atoms with Gasteiger partial charge >= 0.3 is 0 Å². The Morgan fingerprint density at radius 1 is 1.13 bits per heavy atom. The maximum Gasteiger partial charge on any atom is 0.191 e. The molecule has 3 rings (SSSR count). The maximum absolute atomic E-state index is 5.76. The molecule has 0 bridgehead atoms. The fourth-order valence-electron chi connectivity index (χ4n) is 3.85. The van der Waals surface area contributed by atoms with E-state index < -0.39 is 0 Å². The first kappa shape index (κ1) is 23.2. The molecule has 1 unspecified atom stereocenters. The highest BCUT2D eigenvalue weighted by atomic mass is 16.5. The summed E-state index contributed by atoms with van der Waals surface area (Å²) in [5, 5.41) is 10.2. The zero-order valence-electron chi connectivity index (χ0n) is 18.9. The van der Waals surface area contributed by atoms with Crippen molar-refractivity contribution in [2.75, 3.05) is 51.8 Å². The molecule has 1 atom stereocenters. The number of methoxy groups -OCH3 is 1. The number of guanidine groups is 1. The fourth-order valence-corrected chi connectivity index (χ4v) is 3.85. The number of hydrogen-bond acceptors (Lipinski definition) is 5. The minimum Gasteiger partial charge on any atom is -0.468 e. The van der Waals surface area contributed by atoms with Gasteiger partial charge in [-0.1, -0.05) is 18.6 Å². The zero-order valence-corrected chi connectivity index (χ0v) is 18.9. The fraction of sp³-hybridized carbons (Fsp3) is 0.542. The number of likely N-dealkylation sites (tertiary alicyclic amines) is 1. The molecule has 1 saturated heterocycles. The number of rotatable bonds is 11. The Morgan fingerprint density at radius 2 is 1.94 bits per heavy atom. The normalized spacial score (nSPS) is 16.1. The predicted octanol–water partition coefficient (Wildman–Crippen LogP) is 3.62. The Labute approximate surface area is 186 Å². The SMILES string of the molecule is CCNC(=NCc1ccc(NCCOC)cc1)NCC(c1ccco1)N1CCCCC1. The Balaban J connectivity index is 1.58. The standard InChI is InChI=1S/C24H37N5O2/c1-3-25-24(27-18-20-9-11-21(12-10-20)26-13-17-30-2)28-19-22(23-8-7-16-31-23)29-14-5-4-6-15-29/h7-12,16,22,26H,3-6,13-15,17-19H2,1-2H3,(H2,25,27,28). The van der Waals surface area contributed by atoms with E-state index in [-0.39, 0.29) is 6.04 Å². The summed E-state index contributed by atoms with van der Waals surface area (Å²) in [5.41, 5.74) is 2.27. The molecule has 2 heterocycles. The van der Waals surface area contributed by atoms with Crippen molar-refractivity contribution in [3.63, 3.8) is 0 Å². The zero-order chi connectivity index (χ0) is 21.7. The Hall–Kier alpha value is -2.51. The summed E-state index contributed by atoms with van der Waals surface area (Å²) in [5.74, 6) is 1.85. The van der Waals surface area contributed by atoms with Crippen LogP contribution in [0.1, 0.15) is 43.6 Å². The van der Waals surface area contributed by atoms with E-state index in [0.717, 1.165) is 50.1 Å². The van der Waals surface area contributed by atoms with E-state index in [9.17, 15) is 0 Å². The summed E-state index contributed by atoms with van der Waals surface area (Å²) in [6, 6.07) is 12.7. The summed E-state index contributed by atoms with van der Waals surface area (Å²) in [4.78, 5) is 7.31. The summed E-state index contributed by atoms with van der Waals surface area (Å²) in [6.45, 7) is 8.04. The second kappa shape index (κ2) is 13.0. The lowest BCUT2D eigenvalue weighted by atomic mass is 10.1. The molecule has 1 aliphatic rings. The number of hydrogen-bond donors (Lipinski definition) is 3. The molecular weight excluding hydrogens is 390 g/mol. The summed E-state index contributed by atoms with van der Waals surface area (Å²) < 4.78 is 10.8. The number of furan rings is 1. The average Bonchev–Trinajstić information content (AvgIpc) is 3.34. The lowest BCUT2D eigenvalue weighted by Gasteiger charge is -2.33. The molecule has 1 aromatic heterocycles. The number of aliphatic imine (C=N–C) groups is 1. The van der Waals surface area contributed by atoms with Crippen LogP contribution in [0.25, 0.3) is 0 Å². The van der Waals surface area contributed by atoms with E-state index in [1.165, 1.54) is 24.8 Å². The molecule has 3 N–H and O–H groups in total. The highest BCUT2D eigenvalue weighted by molar-refractivity contribution is 5.79. The third-order valence-electron chi connectivity index (χ3n) is 5.52. The van der Waals surface area contributed by atoms with Gasteiger partial charge in [0.1, 0.15) is 5.76 Å². The molecular formula is C24H37N5O2. The molecule has 0 radical (unpaired) electrons. The van der Waals surface area contributed by atoms with Gasteiger partial charge in [-0.05, 0) is 62.7 Å². The third kappa shape index (κ3) is 7.60.